The number of hydrogen-bond acceptors (Lipinski definition) is 3. The summed E-state index contributed by atoms with van der Waals surface area (Å²) >= 11 is 1.94. The number of rotatable bonds is 1. The molecule has 72 valence electrons. The highest BCUT2D eigenvalue weighted by atomic mass is 32.2. The largest absolute Gasteiger partial charge is 0.375 e. The van der Waals surface area contributed by atoms with Crippen molar-refractivity contribution >= 4 is 11.8 Å². The molecule has 1 fully saturated rings. The summed E-state index contributed by atoms with van der Waals surface area (Å²) in [5.74, 6) is 2.17. The lowest BCUT2D eigenvalue weighted by molar-refractivity contribution is 0.0281. The van der Waals surface area contributed by atoms with Gasteiger partial charge in [0.1, 0.15) is 0 Å². The second-order valence-corrected chi connectivity index (χ2v) is 5.53. The molecule has 0 aromatic rings. The predicted molar refractivity (Wildman–Crippen MR) is 54.5 cm³/mol. The maximum absolute atomic E-state index is 6.09. The van der Waals surface area contributed by atoms with Gasteiger partial charge in [-0.25, -0.2) is 0 Å². The number of ether oxygens (including phenoxy) is 1. The molecule has 0 amide bonds. The highest BCUT2D eigenvalue weighted by Gasteiger charge is 2.30. The molecule has 12 heavy (non-hydrogen) atoms. The fourth-order valence-electron chi connectivity index (χ4n) is 1.27. The Kier molecular flexibility index (Phi) is 3.44. The molecule has 0 aromatic heterocycles. The SMILES string of the molecule is CC(C)(C)C(N)C1CSCCO1. The van der Waals surface area contributed by atoms with E-state index in [0.29, 0.717) is 0 Å². The van der Waals surface area contributed by atoms with Gasteiger partial charge < -0.3 is 10.5 Å². The maximum Gasteiger partial charge on any atom is 0.0821 e. The summed E-state index contributed by atoms with van der Waals surface area (Å²) in [6, 6.07) is 0.158. The van der Waals surface area contributed by atoms with E-state index in [4.69, 9.17) is 10.5 Å². The summed E-state index contributed by atoms with van der Waals surface area (Å²) in [6.07, 6.45) is 0.253. The van der Waals surface area contributed by atoms with E-state index >= 15 is 0 Å². The molecule has 2 nitrogen and oxygen atoms in total. The Hall–Kier alpha value is 0.270. The molecule has 1 saturated heterocycles. The van der Waals surface area contributed by atoms with Gasteiger partial charge in [0.2, 0.25) is 0 Å². The Labute approximate surface area is 79.2 Å². The minimum Gasteiger partial charge on any atom is -0.375 e. The van der Waals surface area contributed by atoms with E-state index in [1.165, 1.54) is 0 Å². The van der Waals surface area contributed by atoms with Gasteiger partial charge in [-0.3, -0.25) is 0 Å². The van der Waals surface area contributed by atoms with Gasteiger partial charge in [-0.1, -0.05) is 20.8 Å². The Morgan fingerprint density at radius 1 is 1.50 bits per heavy atom. The van der Waals surface area contributed by atoms with Crippen LogP contribution in [0, 0.1) is 5.41 Å². The minimum atomic E-state index is 0.155. The van der Waals surface area contributed by atoms with Crippen molar-refractivity contribution in [2.45, 2.75) is 32.9 Å². The van der Waals surface area contributed by atoms with Crippen molar-refractivity contribution in [1.82, 2.24) is 0 Å². The lowest BCUT2D eigenvalue weighted by atomic mass is 9.84. The van der Waals surface area contributed by atoms with Gasteiger partial charge in [0, 0.05) is 17.5 Å². The highest BCUT2D eigenvalue weighted by Crippen LogP contribution is 2.25. The van der Waals surface area contributed by atoms with Crippen LogP contribution >= 0.6 is 11.8 Å². The Morgan fingerprint density at radius 3 is 2.58 bits per heavy atom. The normalized spacial score (nSPS) is 28.5. The fraction of sp³-hybridized carbons (Fsp3) is 1.00. The van der Waals surface area contributed by atoms with Gasteiger partial charge in [-0.05, 0) is 5.41 Å². The maximum atomic E-state index is 6.09. The van der Waals surface area contributed by atoms with Crippen molar-refractivity contribution in [2.24, 2.45) is 11.1 Å². The van der Waals surface area contributed by atoms with E-state index in [1.807, 2.05) is 11.8 Å². The summed E-state index contributed by atoms with van der Waals surface area (Å²) in [5, 5.41) is 0. The molecule has 1 heterocycles. The first-order chi connectivity index (χ1) is 5.52. The molecule has 1 aliphatic heterocycles. The van der Waals surface area contributed by atoms with Gasteiger partial charge >= 0.3 is 0 Å². The molecule has 2 unspecified atom stereocenters. The first kappa shape index (κ1) is 10.4. The smallest absolute Gasteiger partial charge is 0.0821 e. The van der Waals surface area contributed by atoms with Crippen LogP contribution in [0.5, 0.6) is 0 Å². The standard InChI is InChI=1S/C9H19NOS/c1-9(2,3)8(10)7-6-12-5-4-11-7/h7-8H,4-6,10H2,1-3H3. The minimum absolute atomic E-state index is 0.155. The third-order valence-corrected chi connectivity index (χ3v) is 3.26. The quantitative estimate of drug-likeness (QED) is 0.679. The van der Waals surface area contributed by atoms with Crippen LogP contribution < -0.4 is 5.73 Å². The van der Waals surface area contributed by atoms with Gasteiger partial charge in [0.15, 0.2) is 0 Å². The molecule has 1 rings (SSSR count). The van der Waals surface area contributed by atoms with Crippen LogP contribution in [0.15, 0.2) is 0 Å². The molecular formula is C9H19NOS. The lowest BCUT2D eigenvalue weighted by Crippen LogP contribution is -2.49. The molecule has 0 saturated carbocycles. The summed E-state index contributed by atoms with van der Waals surface area (Å²) in [6.45, 7) is 7.36. The highest BCUT2D eigenvalue weighted by molar-refractivity contribution is 7.99. The Balaban J connectivity index is 2.45. The molecule has 2 atom stereocenters. The predicted octanol–water partition coefficient (Wildman–Crippen LogP) is 1.49. The average molecular weight is 189 g/mol. The molecular weight excluding hydrogens is 170 g/mol. The topological polar surface area (TPSA) is 35.2 Å². The number of hydrogen-bond donors (Lipinski definition) is 1. The molecule has 0 bridgehead atoms. The zero-order valence-electron chi connectivity index (χ0n) is 8.17. The van der Waals surface area contributed by atoms with Crippen molar-refractivity contribution in [3.05, 3.63) is 0 Å². The zero-order valence-corrected chi connectivity index (χ0v) is 8.99. The first-order valence-electron chi connectivity index (χ1n) is 4.47. The third kappa shape index (κ3) is 2.64. The van der Waals surface area contributed by atoms with Crippen LogP contribution in [0.1, 0.15) is 20.8 Å². The zero-order chi connectivity index (χ0) is 9.19. The Bertz CT molecular complexity index is 138. The van der Waals surface area contributed by atoms with Gasteiger partial charge in [-0.15, -0.1) is 0 Å². The molecule has 1 aliphatic rings. The van der Waals surface area contributed by atoms with E-state index in [1.54, 1.807) is 0 Å². The molecule has 2 N–H and O–H groups in total. The van der Waals surface area contributed by atoms with E-state index in [2.05, 4.69) is 20.8 Å². The van der Waals surface area contributed by atoms with E-state index in [9.17, 15) is 0 Å². The monoisotopic (exact) mass is 189 g/mol. The molecule has 3 heteroatoms. The van der Waals surface area contributed by atoms with Gasteiger partial charge in [0.25, 0.3) is 0 Å². The lowest BCUT2D eigenvalue weighted by Gasteiger charge is -2.35. The average Bonchev–Trinajstić information content (AvgIpc) is 2.03. The van der Waals surface area contributed by atoms with E-state index in [-0.39, 0.29) is 17.6 Å². The number of thioether (sulfide) groups is 1. The van der Waals surface area contributed by atoms with Gasteiger partial charge in [0.05, 0.1) is 12.7 Å². The summed E-state index contributed by atoms with van der Waals surface area (Å²) in [5.41, 5.74) is 6.24. The van der Waals surface area contributed by atoms with Crippen LogP contribution in [0.2, 0.25) is 0 Å². The fourth-order valence-corrected chi connectivity index (χ4v) is 2.19. The third-order valence-electron chi connectivity index (χ3n) is 2.24. The van der Waals surface area contributed by atoms with Crippen molar-refractivity contribution < 1.29 is 4.74 Å². The van der Waals surface area contributed by atoms with Crippen LogP contribution in [-0.4, -0.2) is 30.3 Å². The molecule has 0 aliphatic carbocycles. The molecule has 0 aromatic carbocycles. The van der Waals surface area contributed by atoms with Gasteiger partial charge in [-0.2, -0.15) is 11.8 Å². The van der Waals surface area contributed by atoms with Crippen molar-refractivity contribution in [1.29, 1.82) is 0 Å². The van der Waals surface area contributed by atoms with Crippen LogP contribution in [0.25, 0.3) is 0 Å². The van der Waals surface area contributed by atoms with Crippen molar-refractivity contribution in [2.75, 3.05) is 18.1 Å². The first-order valence-corrected chi connectivity index (χ1v) is 5.62. The summed E-state index contributed by atoms with van der Waals surface area (Å²) in [7, 11) is 0. The van der Waals surface area contributed by atoms with Crippen LogP contribution in [0.3, 0.4) is 0 Å². The molecule has 0 radical (unpaired) electrons. The summed E-state index contributed by atoms with van der Waals surface area (Å²) < 4.78 is 5.62. The van der Waals surface area contributed by atoms with E-state index in [0.717, 1.165) is 18.1 Å². The van der Waals surface area contributed by atoms with Crippen molar-refractivity contribution in [3.63, 3.8) is 0 Å². The second kappa shape index (κ2) is 3.99. The Morgan fingerprint density at radius 2 is 2.17 bits per heavy atom. The summed E-state index contributed by atoms with van der Waals surface area (Å²) in [4.78, 5) is 0. The number of nitrogens with two attached hydrogens (primary N) is 1. The van der Waals surface area contributed by atoms with Crippen molar-refractivity contribution in [3.8, 4) is 0 Å². The van der Waals surface area contributed by atoms with Crippen LogP contribution in [0.4, 0.5) is 0 Å². The second-order valence-electron chi connectivity index (χ2n) is 4.38. The van der Waals surface area contributed by atoms with E-state index < -0.39 is 0 Å². The molecule has 0 spiro atoms. The van der Waals surface area contributed by atoms with Crippen LogP contribution in [-0.2, 0) is 4.74 Å².